The third kappa shape index (κ3) is 2.82. The second kappa shape index (κ2) is 4.97. The van der Waals surface area contributed by atoms with E-state index in [2.05, 4.69) is 0 Å². The molecular formula is C12H7FO3S. The molecule has 0 aliphatic carbocycles. The van der Waals surface area contributed by atoms with E-state index in [1.807, 2.05) is 0 Å². The summed E-state index contributed by atoms with van der Waals surface area (Å²) >= 11 is 0.914. The van der Waals surface area contributed by atoms with Crippen molar-refractivity contribution in [2.75, 3.05) is 0 Å². The van der Waals surface area contributed by atoms with Crippen LogP contribution < -0.4 is 0 Å². The second-order valence-electron chi connectivity index (χ2n) is 3.16. The molecule has 0 bridgehead atoms. The maximum atomic E-state index is 12.6. The molecule has 5 heteroatoms. The lowest BCUT2D eigenvalue weighted by Crippen LogP contribution is -1.90. The molecule has 86 valence electrons. The Morgan fingerprint density at radius 1 is 1.18 bits per heavy atom. The van der Waals surface area contributed by atoms with E-state index in [9.17, 15) is 14.0 Å². The highest BCUT2D eigenvalue weighted by Gasteiger charge is 2.12. The highest BCUT2D eigenvalue weighted by atomic mass is 32.2. The van der Waals surface area contributed by atoms with Crippen LogP contribution in [-0.2, 0) is 0 Å². The van der Waals surface area contributed by atoms with Gasteiger partial charge in [-0.3, -0.25) is 9.59 Å². The van der Waals surface area contributed by atoms with Gasteiger partial charge < -0.3 is 4.42 Å². The van der Waals surface area contributed by atoms with Crippen molar-refractivity contribution >= 4 is 23.2 Å². The fourth-order valence-corrected chi connectivity index (χ4v) is 1.88. The molecule has 3 nitrogen and oxygen atoms in total. The summed E-state index contributed by atoms with van der Waals surface area (Å²) < 4.78 is 17.6. The SMILES string of the molecule is O=Cc1ccc(C(=O)Sc2ccc(F)cc2)o1. The summed E-state index contributed by atoms with van der Waals surface area (Å²) in [4.78, 5) is 22.7. The molecule has 0 atom stereocenters. The second-order valence-corrected chi connectivity index (χ2v) is 4.21. The summed E-state index contributed by atoms with van der Waals surface area (Å²) in [7, 11) is 0. The van der Waals surface area contributed by atoms with Crippen molar-refractivity contribution in [3.05, 3.63) is 53.7 Å². The van der Waals surface area contributed by atoms with Gasteiger partial charge in [0.05, 0.1) is 0 Å². The predicted octanol–water partition coefficient (Wildman–Crippen LogP) is 3.16. The standard InChI is InChI=1S/C12H7FO3S/c13-8-1-4-10(5-2-8)17-12(15)11-6-3-9(7-14)16-11/h1-7H. The number of hydrogen-bond donors (Lipinski definition) is 0. The molecular weight excluding hydrogens is 243 g/mol. The largest absolute Gasteiger partial charge is 0.449 e. The Balaban J connectivity index is 2.11. The summed E-state index contributed by atoms with van der Waals surface area (Å²) in [6.07, 6.45) is 0.527. The van der Waals surface area contributed by atoms with Crippen LogP contribution in [0.2, 0.25) is 0 Å². The van der Waals surface area contributed by atoms with Gasteiger partial charge in [-0.2, -0.15) is 0 Å². The lowest BCUT2D eigenvalue weighted by atomic mass is 10.4. The van der Waals surface area contributed by atoms with E-state index in [0.29, 0.717) is 11.2 Å². The van der Waals surface area contributed by atoms with Crippen LogP contribution in [-0.4, -0.2) is 11.4 Å². The normalized spacial score (nSPS) is 10.2. The van der Waals surface area contributed by atoms with Gasteiger partial charge in [0.1, 0.15) is 5.82 Å². The van der Waals surface area contributed by atoms with Gasteiger partial charge >= 0.3 is 0 Å². The van der Waals surface area contributed by atoms with Gasteiger partial charge in [0, 0.05) is 4.90 Å². The summed E-state index contributed by atoms with van der Waals surface area (Å²) in [6.45, 7) is 0. The minimum absolute atomic E-state index is 0.0985. The predicted molar refractivity (Wildman–Crippen MR) is 60.7 cm³/mol. The Labute approximate surface area is 101 Å². The maximum absolute atomic E-state index is 12.6. The Bertz CT molecular complexity index is 545. The lowest BCUT2D eigenvalue weighted by molar-refractivity contribution is 0.105. The van der Waals surface area contributed by atoms with Crippen molar-refractivity contribution in [3.8, 4) is 0 Å². The minimum atomic E-state index is -0.358. The average molecular weight is 250 g/mol. The van der Waals surface area contributed by atoms with Crippen LogP contribution >= 0.6 is 11.8 Å². The number of halogens is 1. The molecule has 2 rings (SSSR count). The number of rotatable bonds is 3. The zero-order valence-corrected chi connectivity index (χ0v) is 9.37. The Morgan fingerprint density at radius 3 is 2.47 bits per heavy atom. The minimum Gasteiger partial charge on any atom is -0.449 e. The molecule has 0 aliphatic rings. The molecule has 0 saturated carbocycles. The van der Waals surface area contributed by atoms with Gasteiger partial charge in [0.2, 0.25) is 0 Å². The van der Waals surface area contributed by atoms with Crippen LogP contribution in [0.1, 0.15) is 21.1 Å². The lowest BCUT2D eigenvalue weighted by Gasteiger charge is -1.97. The number of carbonyl (C=O) groups excluding carboxylic acids is 2. The highest BCUT2D eigenvalue weighted by Crippen LogP contribution is 2.23. The topological polar surface area (TPSA) is 47.3 Å². The number of carbonyl (C=O) groups is 2. The first-order chi connectivity index (χ1) is 8.19. The summed E-state index contributed by atoms with van der Waals surface area (Å²) in [5, 5.41) is -0.329. The summed E-state index contributed by atoms with van der Waals surface area (Å²) in [6, 6.07) is 8.40. The smallest absolute Gasteiger partial charge is 0.259 e. The van der Waals surface area contributed by atoms with E-state index in [1.165, 1.54) is 36.4 Å². The fourth-order valence-electron chi connectivity index (χ4n) is 1.19. The van der Waals surface area contributed by atoms with Crippen LogP contribution in [0.25, 0.3) is 0 Å². The molecule has 1 heterocycles. The first kappa shape index (κ1) is 11.6. The number of benzene rings is 1. The number of thioether (sulfide) groups is 1. The van der Waals surface area contributed by atoms with Gasteiger partial charge in [-0.05, 0) is 48.2 Å². The van der Waals surface area contributed by atoms with Gasteiger partial charge in [-0.25, -0.2) is 4.39 Å². The molecule has 0 N–H and O–H groups in total. The van der Waals surface area contributed by atoms with Crippen molar-refractivity contribution in [3.63, 3.8) is 0 Å². The van der Waals surface area contributed by atoms with Crippen LogP contribution in [0.4, 0.5) is 4.39 Å². The van der Waals surface area contributed by atoms with E-state index < -0.39 is 0 Å². The van der Waals surface area contributed by atoms with Crippen molar-refractivity contribution in [2.24, 2.45) is 0 Å². The summed E-state index contributed by atoms with van der Waals surface area (Å²) in [5.41, 5.74) is 0. The van der Waals surface area contributed by atoms with Crippen LogP contribution in [0.15, 0.2) is 45.7 Å². The molecule has 0 amide bonds. The molecule has 0 fully saturated rings. The fraction of sp³-hybridized carbons (Fsp3) is 0. The van der Waals surface area contributed by atoms with Crippen molar-refractivity contribution in [1.82, 2.24) is 0 Å². The van der Waals surface area contributed by atoms with Crippen LogP contribution in [0, 0.1) is 5.82 Å². The zero-order valence-electron chi connectivity index (χ0n) is 8.55. The van der Waals surface area contributed by atoms with Gasteiger partial charge in [-0.15, -0.1) is 0 Å². The Morgan fingerprint density at radius 2 is 1.88 bits per heavy atom. The molecule has 0 spiro atoms. The van der Waals surface area contributed by atoms with Crippen LogP contribution in [0.3, 0.4) is 0 Å². The third-order valence-electron chi connectivity index (χ3n) is 1.97. The first-order valence-electron chi connectivity index (χ1n) is 4.72. The van der Waals surface area contributed by atoms with E-state index in [0.717, 1.165) is 11.8 Å². The molecule has 0 saturated heterocycles. The Kier molecular flexibility index (Phi) is 3.39. The monoisotopic (exact) mass is 250 g/mol. The van der Waals surface area contributed by atoms with Gasteiger partial charge in [0.15, 0.2) is 17.8 Å². The van der Waals surface area contributed by atoms with Gasteiger partial charge in [0.25, 0.3) is 5.12 Å². The molecule has 0 unspecified atom stereocenters. The number of aldehydes is 1. The van der Waals surface area contributed by atoms with E-state index in [-0.39, 0.29) is 22.5 Å². The molecule has 1 aromatic carbocycles. The molecule has 2 aromatic rings. The number of hydrogen-bond acceptors (Lipinski definition) is 4. The quantitative estimate of drug-likeness (QED) is 0.620. The van der Waals surface area contributed by atoms with Crippen molar-refractivity contribution in [2.45, 2.75) is 4.90 Å². The van der Waals surface area contributed by atoms with Crippen molar-refractivity contribution < 1.29 is 18.4 Å². The number of furan rings is 1. The molecule has 1 aromatic heterocycles. The van der Waals surface area contributed by atoms with Crippen LogP contribution in [0.5, 0.6) is 0 Å². The molecule has 17 heavy (non-hydrogen) atoms. The van der Waals surface area contributed by atoms with Gasteiger partial charge in [-0.1, -0.05) is 0 Å². The molecule has 0 radical (unpaired) electrons. The van der Waals surface area contributed by atoms with E-state index in [4.69, 9.17) is 4.42 Å². The average Bonchev–Trinajstić information content (AvgIpc) is 2.81. The molecule has 0 aliphatic heterocycles. The van der Waals surface area contributed by atoms with E-state index in [1.54, 1.807) is 0 Å². The first-order valence-corrected chi connectivity index (χ1v) is 5.53. The zero-order chi connectivity index (χ0) is 12.3. The van der Waals surface area contributed by atoms with Crippen molar-refractivity contribution in [1.29, 1.82) is 0 Å². The Hall–Kier alpha value is -1.88. The highest BCUT2D eigenvalue weighted by molar-refractivity contribution is 8.14. The maximum Gasteiger partial charge on any atom is 0.259 e. The van der Waals surface area contributed by atoms with E-state index >= 15 is 0 Å². The third-order valence-corrected chi connectivity index (χ3v) is 2.86. The summed E-state index contributed by atoms with van der Waals surface area (Å²) in [5.74, 6) is -0.155.